The van der Waals surface area contributed by atoms with Gasteiger partial charge in [0.15, 0.2) is 0 Å². The van der Waals surface area contributed by atoms with E-state index in [-0.39, 0.29) is 11.6 Å². The van der Waals surface area contributed by atoms with Crippen molar-refractivity contribution in [2.24, 2.45) is 0 Å². The Morgan fingerprint density at radius 3 is 2.35 bits per heavy atom. The van der Waals surface area contributed by atoms with Crippen molar-refractivity contribution in [3.05, 3.63) is 59.9 Å². The van der Waals surface area contributed by atoms with Crippen molar-refractivity contribution in [2.75, 3.05) is 12.8 Å². The first-order chi connectivity index (χ1) is 9.67. The average Bonchev–Trinajstić information content (AvgIpc) is 2.47. The van der Waals surface area contributed by atoms with Crippen LogP contribution in [0, 0.1) is 5.82 Å². The van der Waals surface area contributed by atoms with Crippen molar-refractivity contribution >= 4 is 11.8 Å². The highest BCUT2D eigenvalue weighted by Crippen LogP contribution is 2.20. The summed E-state index contributed by atoms with van der Waals surface area (Å²) in [5.74, 6) is 0.988. The normalized spacial score (nSPS) is 12.3. The van der Waals surface area contributed by atoms with Crippen molar-refractivity contribution in [1.29, 1.82) is 0 Å². The smallest absolute Gasteiger partial charge is 0.123 e. The van der Waals surface area contributed by atoms with E-state index in [0.717, 1.165) is 17.1 Å². The molecule has 2 aromatic rings. The maximum atomic E-state index is 12.8. The fourth-order valence-electron chi connectivity index (χ4n) is 1.89. The molecule has 0 saturated heterocycles. The SMILES string of the molecule is CNC(CSc1ccc(F)cc1)Cc1ccc(O)cc1. The fourth-order valence-corrected chi connectivity index (χ4v) is 2.90. The molecule has 0 saturated carbocycles. The monoisotopic (exact) mass is 291 g/mol. The van der Waals surface area contributed by atoms with Gasteiger partial charge in [-0.1, -0.05) is 12.1 Å². The molecule has 20 heavy (non-hydrogen) atoms. The summed E-state index contributed by atoms with van der Waals surface area (Å²) in [6.45, 7) is 0. The molecule has 106 valence electrons. The average molecular weight is 291 g/mol. The molecule has 2 aromatic carbocycles. The molecule has 1 unspecified atom stereocenters. The zero-order chi connectivity index (χ0) is 14.4. The first kappa shape index (κ1) is 14.9. The lowest BCUT2D eigenvalue weighted by Gasteiger charge is -2.16. The predicted molar refractivity (Wildman–Crippen MR) is 81.8 cm³/mol. The fraction of sp³-hybridized carbons (Fsp3) is 0.250. The number of aromatic hydroxyl groups is 1. The number of hydrogen-bond donors (Lipinski definition) is 2. The maximum absolute atomic E-state index is 12.8. The molecular weight excluding hydrogens is 273 g/mol. The first-order valence-electron chi connectivity index (χ1n) is 6.51. The van der Waals surface area contributed by atoms with Gasteiger partial charge >= 0.3 is 0 Å². The zero-order valence-electron chi connectivity index (χ0n) is 11.3. The Morgan fingerprint density at radius 1 is 1.10 bits per heavy atom. The third-order valence-electron chi connectivity index (χ3n) is 3.09. The summed E-state index contributed by atoms with van der Waals surface area (Å²) in [4.78, 5) is 1.07. The standard InChI is InChI=1S/C16H18FNOS/c1-18-14(10-12-2-6-15(19)7-3-12)11-20-16-8-4-13(17)5-9-16/h2-9,14,18-19H,10-11H2,1H3. The quantitative estimate of drug-likeness (QED) is 0.800. The highest BCUT2D eigenvalue weighted by molar-refractivity contribution is 7.99. The number of rotatable bonds is 6. The molecule has 2 rings (SSSR count). The summed E-state index contributed by atoms with van der Waals surface area (Å²) in [7, 11) is 1.94. The van der Waals surface area contributed by atoms with Gasteiger partial charge in [0.2, 0.25) is 0 Å². The Kier molecular flexibility index (Phi) is 5.44. The van der Waals surface area contributed by atoms with Gasteiger partial charge in [0.25, 0.3) is 0 Å². The Balaban J connectivity index is 1.88. The zero-order valence-corrected chi connectivity index (χ0v) is 12.2. The minimum Gasteiger partial charge on any atom is -0.508 e. The van der Waals surface area contributed by atoms with Crippen LogP contribution >= 0.6 is 11.8 Å². The van der Waals surface area contributed by atoms with Crippen LogP contribution < -0.4 is 5.32 Å². The molecule has 0 spiro atoms. The van der Waals surface area contributed by atoms with Crippen LogP contribution in [0.5, 0.6) is 5.75 Å². The highest BCUT2D eigenvalue weighted by Gasteiger charge is 2.08. The van der Waals surface area contributed by atoms with E-state index in [1.165, 1.54) is 17.7 Å². The summed E-state index contributed by atoms with van der Waals surface area (Å²) >= 11 is 1.71. The Bertz CT molecular complexity index is 527. The Morgan fingerprint density at radius 2 is 1.75 bits per heavy atom. The van der Waals surface area contributed by atoms with Gasteiger partial charge < -0.3 is 10.4 Å². The van der Waals surface area contributed by atoms with E-state index in [1.807, 2.05) is 19.2 Å². The number of thioether (sulfide) groups is 1. The van der Waals surface area contributed by atoms with E-state index in [1.54, 1.807) is 36.0 Å². The van der Waals surface area contributed by atoms with Gasteiger partial charge in [-0.2, -0.15) is 0 Å². The molecule has 2 N–H and O–H groups in total. The van der Waals surface area contributed by atoms with Crippen LogP contribution in [-0.2, 0) is 6.42 Å². The van der Waals surface area contributed by atoms with Gasteiger partial charge in [-0.3, -0.25) is 0 Å². The lowest BCUT2D eigenvalue weighted by Crippen LogP contribution is -2.30. The molecule has 1 atom stereocenters. The summed E-state index contributed by atoms with van der Waals surface area (Å²) in [6.07, 6.45) is 0.894. The van der Waals surface area contributed by atoms with E-state index in [4.69, 9.17) is 0 Å². The second-order valence-electron chi connectivity index (χ2n) is 4.62. The van der Waals surface area contributed by atoms with E-state index >= 15 is 0 Å². The lowest BCUT2D eigenvalue weighted by atomic mass is 10.1. The molecule has 0 fully saturated rings. The van der Waals surface area contributed by atoms with Crippen LogP contribution in [0.4, 0.5) is 4.39 Å². The number of nitrogens with one attached hydrogen (secondary N) is 1. The minimum absolute atomic E-state index is 0.205. The maximum Gasteiger partial charge on any atom is 0.123 e. The van der Waals surface area contributed by atoms with Gasteiger partial charge in [-0.15, -0.1) is 11.8 Å². The topological polar surface area (TPSA) is 32.3 Å². The molecule has 0 aromatic heterocycles. The molecule has 0 aliphatic carbocycles. The number of phenols is 1. The molecule has 0 aliphatic heterocycles. The number of hydrogen-bond acceptors (Lipinski definition) is 3. The number of halogens is 1. The molecule has 0 bridgehead atoms. The van der Waals surface area contributed by atoms with Gasteiger partial charge in [0.05, 0.1) is 0 Å². The van der Waals surface area contributed by atoms with Crippen LogP contribution in [-0.4, -0.2) is 23.9 Å². The molecular formula is C16H18FNOS. The second kappa shape index (κ2) is 7.31. The second-order valence-corrected chi connectivity index (χ2v) is 5.71. The van der Waals surface area contributed by atoms with Crippen LogP contribution in [0.1, 0.15) is 5.56 Å². The summed E-state index contributed by atoms with van der Waals surface area (Å²) in [6, 6.07) is 14.2. The van der Waals surface area contributed by atoms with Crippen molar-refractivity contribution in [3.63, 3.8) is 0 Å². The highest BCUT2D eigenvalue weighted by atomic mass is 32.2. The van der Waals surface area contributed by atoms with E-state index < -0.39 is 0 Å². The first-order valence-corrected chi connectivity index (χ1v) is 7.49. The molecule has 2 nitrogen and oxygen atoms in total. The van der Waals surface area contributed by atoms with Crippen LogP contribution in [0.2, 0.25) is 0 Å². The van der Waals surface area contributed by atoms with Crippen LogP contribution in [0.3, 0.4) is 0 Å². The van der Waals surface area contributed by atoms with Gasteiger partial charge in [0, 0.05) is 16.7 Å². The largest absolute Gasteiger partial charge is 0.508 e. The summed E-state index contributed by atoms with van der Waals surface area (Å²) in [5, 5.41) is 12.6. The minimum atomic E-state index is -0.205. The van der Waals surface area contributed by atoms with Crippen molar-refractivity contribution in [2.45, 2.75) is 17.4 Å². The summed E-state index contributed by atoms with van der Waals surface area (Å²) in [5.41, 5.74) is 1.18. The third-order valence-corrected chi connectivity index (χ3v) is 4.27. The van der Waals surface area contributed by atoms with Gasteiger partial charge in [-0.25, -0.2) is 4.39 Å². The molecule has 4 heteroatoms. The number of phenolic OH excluding ortho intramolecular Hbond substituents is 1. The Labute approximate surface area is 123 Å². The molecule has 0 heterocycles. The van der Waals surface area contributed by atoms with E-state index in [9.17, 15) is 9.50 Å². The predicted octanol–water partition coefficient (Wildman–Crippen LogP) is 3.45. The molecule has 0 radical (unpaired) electrons. The number of benzene rings is 2. The van der Waals surface area contributed by atoms with Gasteiger partial charge in [0.1, 0.15) is 11.6 Å². The van der Waals surface area contributed by atoms with E-state index in [0.29, 0.717) is 6.04 Å². The third kappa shape index (κ3) is 4.54. The lowest BCUT2D eigenvalue weighted by molar-refractivity contribution is 0.475. The Hall–Kier alpha value is -1.52. The van der Waals surface area contributed by atoms with E-state index in [2.05, 4.69) is 5.32 Å². The van der Waals surface area contributed by atoms with Crippen molar-refractivity contribution in [1.82, 2.24) is 5.32 Å². The van der Waals surface area contributed by atoms with Crippen molar-refractivity contribution in [3.8, 4) is 5.75 Å². The summed E-state index contributed by atoms with van der Waals surface area (Å²) < 4.78 is 12.8. The van der Waals surface area contributed by atoms with Crippen LogP contribution in [0.25, 0.3) is 0 Å². The molecule has 0 amide bonds. The van der Waals surface area contributed by atoms with Crippen molar-refractivity contribution < 1.29 is 9.50 Å². The molecule has 0 aliphatic rings. The van der Waals surface area contributed by atoms with Gasteiger partial charge in [-0.05, 0) is 55.4 Å². The number of likely N-dealkylation sites (N-methyl/N-ethyl adjacent to an activating group) is 1. The van der Waals surface area contributed by atoms with Crippen LogP contribution in [0.15, 0.2) is 53.4 Å².